The van der Waals surface area contributed by atoms with Crippen LogP contribution in [0.15, 0.2) is 18.2 Å². The predicted molar refractivity (Wildman–Crippen MR) is 82.2 cm³/mol. The third-order valence-electron chi connectivity index (χ3n) is 3.97. The van der Waals surface area contributed by atoms with Gasteiger partial charge in [-0.2, -0.15) is 0 Å². The minimum absolute atomic E-state index is 0.00651. The molecule has 0 saturated heterocycles. The van der Waals surface area contributed by atoms with Crippen molar-refractivity contribution in [1.29, 1.82) is 0 Å². The Morgan fingerprint density at radius 3 is 2.67 bits per heavy atom. The number of hydrogen-bond donors (Lipinski definition) is 2. The van der Waals surface area contributed by atoms with Crippen LogP contribution >= 0.6 is 0 Å². The maximum atomic E-state index is 12.0. The fourth-order valence-corrected chi connectivity index (χ4v) is 2.81. The van der Waals surface area contributed by atoms with E-state index in [2.05, 4.69) is 5.32 Å². The van der Waals surface area contributed by atoms with Crippen molar-refractivity contribution < 1.29 is 14.6 Å². The Hall–Kier alpha value is -1.55. The van der Waals surface area contributed by atoms with Crippen molar-refractivity contribution in [2.24, 2.45) is 0 Å². The molecule has 0 spiro atoms. The molecule has 0 aliphatic heterocycles. The fourth-order valence-electron chi connectivity index (χ4n) is 2.81. The molecular formula is C17H25NO3. The van der Waals surface area contributed by atoms with Gasteiger partial charge in [0.2, 0.25) is 0 Å². The number of carbonyl (C=O) groups excluding carboxylic acids is 1. The minimum Gasteiger partial charge on any atom is -0.483 e. The van der Waals surface area contributed by atoms with E-state index in [9.17, 15) is 9.90 Å². The third-order valence-corrected chi connectivity index (χ3v) is 3.97. The molecule has 2 N–H and O–H groups in total. The molecule has 0 heterocycles. The van der Waals surface area contributed by atoms with E-state index in [-0.39, 0.29) is 19.1 Å². The van der Waals surface area contributed by atoms with E-state index in [1.54, 1.807) is 6.07 Å². The van der Waals surface area contributed by atoms with Gasteiger partial charge in [0.1, 0.15) is 5.75 Å². The van der Waals surface area contributed by atoms with Crippen LogP contribution in [-0.2, 0) is 11.4 Å². The Morgan fingerprint density at radius 1 is 1.29 bits per heavy atom. The molecule has 0 radical (unpaired) electrons. The Labute approximate surface area is 126 Å². The molecule has 0 aromatic heterocycles. The number of nitrogens with one attached hydrogen (secondary N) is 1. The second-order valence-electron chi connectivity index (χ2n) is 5.81. The standard InChI is InChI=1S/C17H25NO3/c1-13-8-9-16(14(10-13)11-19)21-12-17(20)18-15-6-4-2-3-5-7-15/h8-10,15,19H,2-7,11-12H2,1H3,(H,18,20). The quantitative estimate of drug-likeness (QED) is 0.820. The Balaban J connectivity index is 1.83. The fraction of sp³-hybridized carbons (Fsp3) is 0.588. The highest BCUT2D eigenvalue weighted by molar-refractivity contribution is 5.77. The second kappa shape index (κ2) is 8.03. The Bertz CT molecular complexity index is 465. The SMILES string of the molecule is Cc1ccc(OCC(=O)NC2CCCCCC2)c(CO)c1. The van der Waals surface area contributed by atoms with Gasteiger partial charge in [-0.15, -0.1) is 0 Å². The number of hydrogen-bond acceptors (Lipinski definition) is 3. The topological polar surface area (TPSA) is 58.6 Å². The van der Waals surface area contributed by atoms with Gasteiger partial charge in [-0.3, -0.25) is 4.79 Å². The molecule has 1 amide bonds. The van der Waals surface area contributed by atoms with Crippen molar-refractivity contribution in [2.45, 2.75) is 58.1 Å². The maximum Gasteiger partial charge on any atom is 0.258 e. The lowest BCUT2D eigenvalue weighted by atomic mass is 10.1. The zero-order valence-electron chi connectivity index (χ0n) is 12.7. The zero-order chi connectivity index (χ0) is 15.1. The van der Waals surface area contributed by atoms with E-state index in [1.807, 2.05) is 19.1 Å². The van der Waals surface area contributed by atoms with E-state index in [1.165, 1.54) is 25.7 Å². The van der Waals surface area contributed by atoms with E-state index in [4.69, 9.17) is 4.74 Å². The van der Waals surface area contributed by atoms with E-state index in [0.717, 1.165) is 24.0 Å². The molecule has 1 fully saturated rings. The molecule has 4 nitrogen and oxygen atoms in total. The summed E-state index contributed by atoms with van der Waals surface area (Å²) in [6.45, 7) is 1.88. The Kier molecular flexibility index (Phi) is 6.05. The molecule has 1 aliphatic carbocycles. The Morgan fingerprint density at radius 2 is 2.00 bits per heavy atom. The number of amides is 1. The first-order valence-electron chi connectivity index (χ1n) is 7.81. The van der Waals surface area contributed by atoms with Gasteiger partial charge in [0.15, 0.2) is 6.61 Å². The van der Waals surface area contributed by atoms with Crippen molar-refractivity contribution in [3.63, 3.8) is 0 Å². The predicted octanol–water partition coefficient (Wildman–Crippen LogP) is 2.71. The molecule has 1 saturated carbocycles. The number of rotatable bonds is 5. The summed E-state index contributed by atoms with van der Waals surface area (Å²) in [5.41, 5.74) is 1.78. The lowest BCUT2D eigenvalue weighted by Crippen LogP contribution is -2.37. The first kappa shape index (κ1) is 15.8. The van der Waals surface area contributed by atoms with Gasteiger partial charge in [-0.05, 0) is 25.8 Å². The molecule has 1 aliphatic rings. The summed E-state index contributed by atoms with van der Waals surface area (Å²) in [4.78, 5) is 12.0. The molecular weight excluding hydrogens is 266 g/mol. The van der Waals surface area contributed by atoms with Crippen molar-refractivity contribution in [3.8, 4) is 5.75 Å². The second-order valence-corrected chi connectivity index (χ2v) is 5.81. The number of ether oxygens (including phenoxy) is 1. The third kappa shape index (κ3) is 5.05. The van der Waals surface area contributed by atoms with Crippen LogP contribution < -0.4 is 10.1 Å². The molecule has 0 unspecified atom stereocenters. The van der Waals surface area contributed by atoms with Gasteiger partial charge in [0.25, 0.3) is 5.91 Å². The van der Waals surface area contributed by atoms with Crippen molar-refractivity contribution in [1.82, 2.24) is 5.32 Å². The summed E-state index contributed by atoms with van der Waals surface area (Å²) < 4.78 is 5.55. The largest absolute Gasteiger partial charge is 0.483 e. The van der Waals surface area contributed by atoms with E-state index < -0.39 is 0 Å². The van der Waals surface area contributed by atoms with Crippen LogP contribution in [0.5, 0.6) is 5.75 Å². The summed E-state index contributed by atoms with van der Waals surface area (Å²) >= 11 is 0. The van der Waals surface area contributed by atoms with Crippen molar-refractivity contribution in [2.75, 3.05) is 6.61 Å². The normalized spacial score (nSPS) is 16.3. The van der Waals surface area contributed by atoms with Gasteiger partial charge in [-0.1, -0.05) is 43.4 Å². The van der Waals surface area contributed by atoms with Gasteiger partial charge in [-0.25, -0.2) is 0 Å². The molecule has 4 heteroatoms. The van der Waals surface area contributed by atoms with Gasteiger partial charge in [0, 0.05) is 11.6 Å². The van der Waals surface area contributed by atoms with Crippen LogP contribution in [0.3, 0.4) is 0 Å². The van der Waals surface area contributed by atoms with Crippen LogP contribution in [0.2, 0.25) is 0 Å². The number of carbonyl (C=O) groups is 1. The summed E-state index contributed by atoms with van der Waals surface area (Å²) in [5.74, 6) is 0.505. The van der Waals surface area contributed by atoms with Crippen LogP contribution in [0, 0.1) is 6.92 Å². The first-order valence-corrected chi connectivity index (χ1v) is 7.81. The lowest BCUT2D eigenvalue weighted by Gasteiger charge is -2.17. The highest BCUT2D eigenvalue weighted by Crippen LogP contribution is 2.20. The summed E-state index contributed by atoms with van der Waals surface area (Å²) in [7, 11) is 0. The van der Waals surface area contributed by atoms with Gasteiger partial charge >= 0.3 is 0 Å². The number of aliphatic hydroxyl groups excluding tert-OH is 1. The monoisotopic (exact) mass is 291 g/mol. The number of benzene rings is 1. The van der Waals surface area contributed by atoms with Gasteiger partial charge < -0.3 is 15.2 Å². The van der Waals surface area contributed by atoms with Crippen molar-refractivity contribution in [3.05, 3.63) is 29.3 Å². The average molecular weight is 291 g/mol. The molecule has 1 aromatic carbocycles. The summed E-state index contributed by atoms with van der Waals surface area (Å²) in [6, 6.07) is 5.88. The van der Waals surface area contributed by atoms with E-state index >= 15 is 0 Å². The number of aliphatic hydroxyl groups is 1. The minimum atomic E-state index is -0.0821. The van der Waals surface area contributed by atoms with Crippen LogP contribution in [0.25, 0.3) is 0 Å². The van der Waals surface area contributed by atoms with Crippen LogP contribution in [0.1, 0.15) is 49.7 Å². The molecule has 21 heavy (non-hydrogen) atoms. The summed E-state index contributed by atoms with van der Waals surface area (Å²) in [5, 5.41) is 12.4. The maximum absolute atomic E-state index is 12.0. The van der Waals surface area contributed by atoms with Crippen LogP contribution in [-0.4, -0.2) is 23.7 Å². The first-order chi connectivity index (χ1) is 10.2. The molecule has 0 bridgehead atoms. The van der Waals surface area contributed by atoms with Crippen molar-refractivity contribution >= 4 is 5.91 Å². The zero-order valence-corrected chi connectivity index (χ0v) is 12.7. The lowest BCUT2D eigenvalue weighted by molar-refractivity contribution is -0.123. The average Bonchev–Trinajstić information content (AvgIpc) is 2.74. The van der Waals surface area contributed by atoms with Crippen LogP contribution in [0.4, 0.5) is 0 Å². The highest BCUT2D eigenvalue weighted by Gasteiger charge is 2.15. The number of aryl methyl sites for hydroxylation is 1. The van der Waals surface area contributed by atoms with Gasteiger partial charge in [0.05, 0.1) is 6.61 Å². The molecule has 2 rings (SSSR count). The highest BCUT2D eigenvalue weighted by atomic mass is 16.5. The molecule has 0 atom stereocenters. The summed E-state index contributed by atoms with van der Waals surface area (Å²) in [6.07, 6.45) is 7.06. The van der Waals surface area contributed by atoms with E-state index in [0.29, 0.717) is 11.8 Å². The molecule has 1 aromatic rings. The molecule has 116 valence electrons. The smallest absolute Gasteiger partial charge is 0.258 e.